The summed E-state index contributed by atoms with van der Waals surface area (Å²) in [5.41, 5.74) is 7.98. The molecule has 1 aromatic heterocycles. The zero-order chi connectivity index (χ0) is 13.7. The fourth-order valence-corrected chi connectivity index (χ4v) is 2.19. The molecule has 18 heavy (non-hydrogen) atoms. The van der Waals surface area contributed by atoms with E-state index in [1.165, 1.54) is 0 Å². The number of nitrogens with two attached hydrogens (primary N) is 1. The van der Waals surface area contributed by atoms with Gasteiger partial charge in [-0.15, -0.1) is 0 Å². The van der Waals surface area contributed by atoms with Crippen molar-refractivity contribution >= 4 is 18.4 Å². The minimum atomic E-state index is -0.372. The number of hydrogen-bond acceptors (Lipinski definition) is 4. The van der Waals surface area contributed by atoms with Gasteiger partial charge in [0.05, 0.1) is 11.2 Å². The van der Waals surface area contributed by atoms with E-state index < -0.39 is 0 Å². The van der Waals surface area contributed by atoms with Crippen LogP contribution in [0.1, 0.15) is 39.0 Å². The van der Waals surface area contributed by atoms with Gasteiger partial charge < -0.3 is 15.0 Å². The molecule has 2 N–H and O–H groups in total. The molecule has 2 heterocycles. The molecule has 1 aromatic rings. The monoisotopic (exact) mass is 248 g/mol. The lowest BCUT2D eigenvalue weighted by Gasteiger charge is -2.32. The first-order valence-corrected chi connectivity index (χ1v) is 6.23. The van der Waals surface area contributed by atoms with Crippen LogP contribution >= 0.6 is 0 Å². The first-order chi connectivity index (χ1) is 8.14. The molecule has 2 rings (SSSR count). The number of anilines is 1. The minimum absolute atomic E-state index is 0.335. The maximum atomic E-state index is 6.05. The molecule has 1 aliphatic heterocycles. The number of pyridine rings is 1. The van der Waals surface area contributed by atoms with Gasteiger partial charge in [-0.3, -0.25) is 0 Å². The summed E-state index contributed by atoms with van der Waals surface area (Å²) in [6.45, 7) is 12.1. The van der Waals surface area contributed by atoms with Gasteiger partial charge in [-0.25, -0.2) is 4.98 Å². The van der Waals surface area contributed by atoms with Crippen molar-refractivity contribution in [2.75, 3.05) is 5.73 Å². The van der Waals surface area contributed by atoms with Crippen LogP contribution in [-0.2, 0) is 9.31 Å². The van der Waals surface area contributed by atoms with E-state index in [2.05, 4.69) is 4.98 Å². The lowest BCUT2D eigenvalue weighted by Crippen LogP contribution is -2.41. The van der Waals surface area contributed by atoms with E-state index in [4.69, 9.17) is 15.0 Å². The molecule has 0 unspecified atom stereocenters. The lowest BCUT2D eigenvalue weighted by atomic mass is 9.75. The highest BCUT2D eigenvalue weighted by Gasteiger charge is 2.52. The van der Waals surface area contributed by atoms with Crippen LogP contribution in [0.25, 0.3) is 0 Å². The zero-order valence-electron chi connectivity index (χ0n) is 12.0. The Morgan fingerprint density at radius 1 is 1.11 bits per heavy atom. The summed E-state index contributed by atoms with van der Waals surface area (Å²) in [4.78, 5) is 4.29. The van der Waals surface area contributed by atoms with Crippen molar-refractivity contribution < 1.29 is 9.31 Å². The number of hydrogen-bond donors (Lipinski definition) is 1. The Morgan fingerprint density at radius 3 is 2.06 bits per heavy atom. The third-order valence-electron chi connectivity index (χ3n) is 3.96. The molecular weight excluding hydrogens is 227 g/mol. The second-order valence-corrected chi connectivity index (χ2v) is 5.95. The molecule has 0 saturated carbocycles. The van der Waals surface area contributed by atoms with E-state index >= 15 is 0 Å². The third-order valence-corrected chi connectivity index (χ3v) is 3.96. The highest BCUT2D eigenvalue weighted by Crippen LogP contribution is 2.36. The largest absolute Gasteiger partial charge is 0.496 e. The maximum Gasteiger partial charge on any atom is 0.496 e. The van der Waals surface area contributed by atoms with Crippen molar-refractivity contribution in [3.8, 4) is 0 Å². The predicted molar refractivity (Wildman–Crippen MR) is 73.8 cm³/mol. The molecule has 0 amide bonds. The van der Waals surface area contributed by atoms with Crippen molar-refractivity contribution in [2.45, 2.75) is 52.7 Å². The molecule has 1 aliphatic rings. The standard InChI is InChI=1S/C13H21BN2O2/c1-8-7-10(15)16-9(2)11(8)14-17-12(3,4)13(5,6)18-14/h7H,1-6H3,(H2,15,16). The second kappa shape index (κ2) is 3.97. The number of aromatic nitrogens is 1. The van der Waals surface area contributed by atoms with Crippen molar-refractivity contribution in [1.29, 1.82) is 0 Å². The lowest BCUT2D eigenvalue weighted by molar-refractivity contribution is 0.00578. The van der Waals surface area contributed by atoms with Gasteiger partial charge in [0, 0.05) is 11.2 Å². The molecule has 5 heteroatoms. The average molecular weight is 248 g/mol. The maximum absolute atomic E-state index is 6.05. The van der Waals surface area contributed by atoms with Gasteiger partial charge in [-0.05, 0) is 53.2 Å². The van der Waals surface area contributed by atoms with Crippen molar-refractivity contribution in [3.05, 3.63) is 17.3 Å². The van der Waals surface area contributed by atoms with Crippen LogP contribution in [0.4, 0.5) is 5.82 Å². The van der Waals surface area contributed by atoms with Crippen molar-refractivity contribution in [1.82, 2.24) is 4.98 Å². The predicted octanol–water partition coefficient (Wildman–Crippen LogP) is 1.58. The topological polar surface area (TPSA) is 57.4 Å². The van der Waals surface area contributed by atoms with Crippen LogP contribution in [0.15, 0.2) is 6.07 Å². The van der Waals surface area contributed by atoms with E-state index in [1.54, 1.807) is 0 Å². The van der Waals surface area contributed by atoms with Gasteiger partial charge in [0.1, 0.15) is 5.82 Å². The van der Waals surface area contributed by atoms with Crippen LogP contribution in [0.2, 0.25) is 0 Å². The van der Waals surface area contributed by atoms with Gasteiger partial charge in [0.25, 0.3) is 0 Å². The summed E-state index contributed by atoms with van der Waals surface area (Å²) in [5, 5.41) is 0. The number of nitrogen functional groups attached to an aromatic ring is 1. The number of nitrogens with zero attached hydrogens (tertiary/aromatic N) is 1. The molecule has 0 aromatic carbocycles. The fraction of sp³-hybridized carbons (Fsp3) is 0.615. The normalized spacial score (nSPS) is 21.3. The van der Waals surface area contributed by atoms with Gasteiger partial charge in [0.2, 0.25) is 0 Å². The number of rotatable bonds is 1. The van der Waals surface area contributed by atoms with Gasteiger partial charge in [0.15, 0.2) is 0 Å². The Labute approximate surface area is 109 Å². The van der Waals surface area contributed by atoms with Crippen LogP contribution in [0.3, 0.4) is 0 Å². The van der Waals surface area contributed by atoms with Gasteiger partial charge >= 0.3 is 7.12 Å². The van der Waals surface area contributed by atoms with Gasteiger partial charge in [-0.2, -0.15) is 0 Å². The van der Waals surface area contributed by atoms with Gasteiger partial charge in [-0.1, -0.05) is 0 Å². The highest BCUT2D eigenvalue weighted by molar-refractivity contribution is 6.63. The van der Waals surface area contributed by atoms with E-state index in [-0.39, 0.29) is 18.3 Å². The first kappa shape index (κ1) is 13.4. The van der Waals surface area contributed by atoms with Crippen LogP contribution in [0.5, 0.6) is 0 Å². The summed E-state index contributed by atoms with van der Waals surface area (Å²) in [7, 11) is -0.372. The molecule has 0 radical (unpaired) electrons. The third kappa shape index (κ3) is 2.02. The fourth-order valence-electron chi connectivity index (χ4n) is 2.19. The van der Waals surface area contributed by atoms with Crippen LogP contribution in [0, 0.1) is 13.8 Å². The molecule has 0 aliphatic carbocycles. The van der Waals surface area contributed by atoms with Crippen molar-refractivity contribution in [3.63, 3.8) is 0 Å². The molecule has 1 fully saturated rings. The summed E-state index contributed by atoms with van der Waals surface area (Å²) in [6, 6.07) is 1.85. The van der Waals surface area contributed by atoms with E-state index in [9.17, 15) is 0 Å². The quantitative estimate of drug-likeness (QED) is 0.766. The molecule has 0 spiro atoms. The smallest absolute Gasteiger partial charge is 0.399 e. The van der Waals surface area contributed by atoms with E-state index in [0.717, 1.165) is 16.7 Å². The average Bonchev–Trinajstić information content (AvgIpc) is 2.32. The molecule has 98 valence electrons. The summed E-state index contributed by atoms with van der Waals surface area (Å²) in [6.07, 6.45) is 0. The Kier molecular flexibility index (Phi) is 2.95. The van der Waals surface area contributed by atoms with Crippen molar-refractivity contribution in [2.24, 2.45) is 0 Å². The molecule has 0 atom stereocenters. The zero-order valence-corrected chi connectivity index (χ0v) is 12.0. The van der Waals surface area contributed by atoms with E-state index in [0.29, 0.717) is 5.82 Å². The van der Waals surface area contributed by atoms with Crippen LogP contribution < -0.4 is 11.2 Å². The summed E-state index contributed by atoms with van der Waals surface area (Å²) >= 11 is 0. The highest BCUT2D eigenvalue weighted by atomic mass is 16.7. The Bertz CT molecular complexity index is 447. The minimum Gasteiger partial charge on any atom is -0.399 e. The molecule has 4 nitrogen and oxygen atoms in total. The summed E-state index contributed by atoms with van der Waals surface area (Å²) < 4.78 is 12.1. The molecule has 0 bridgehead atoms. The van der Waals surface area contributed by atoms with E-state index in [1.807, 2.05) is 47.6 Å². The first-order valence-electron chi connectivity index (χ1n) is 6.23. The Balaban J connectivity index is 2.42. The van der Waals surface area contributed by atoms with Crippen LogP contribution in [-0.4, -0.2) is 23.3 Å². The summed E-state index contributed by atoms with van der Waals surface area (Å²) in [5.74, 6) is 0.533. The number of aryl methyl sites for hydroxylation is 2. The molecule has 1 saturated heterocycles. The second-order valence-electron chi connectivity index (χ2n) is 5.95. The Hall–Kier alpha value is -1.07. The SMILES string of the molecule is Cc1cc(N)nc(C)c1B1OC(C)(C)C(C)(C)O1. The Morgan fingerprint density at radius 2 is 1.61 bits per heavy atom. The molecular formula is C13H21BN2O2.